The highest BCUT2D eigenvalue weighted by atomic mass is 35.5. The van der Waals surface area contributed by atoms with Crippen LogP contribution in [0.15, 0.2) is 24.3 Å². The van der Waals surface area contributed by atoms with Gasteiger partial charge in [-0.25, -0.2) is 0 Å². The van der Waals surface area contributed by atoms with Crippen molar-refractivity contribution in [3.8, 4) is 0 Å². The molecule has 2 unspecified atom stereocenters. The quantitative estimate of drug-likeness (QED) is 0.598. The van der Waals surface area contributed by atoms with Crippen LogP contribution in [0.2, 0.25) is 5.02 Å². The normalized spacial score (nSPS) is 14.6. The maximum atomic E-state index is 10.5. The first kappa shape index (κ1) is 11.9. The Morgan fingerprint density at radius 1 is 1.47 bits per heavy atom. The van der Waals surface area contributed by atoms with E-state index in [2.05, 4.69) is 0 Å². The minimum Gasteiger partial charge on any atom is -0.389 e. The standard InChI is InChI=1S/C9H10ClNO4/c10-7-4-2-1-3-6(7)9(13)8(5-12)11(14)15/h1-4,8-9,12-13H,5H2. The molecule has 0 amide bonds. The van der Waals surface area contributed by atoms with Gasteiger partial charge in [0.1, 0.15) is 12.7 Å². The van der Waals surface area contributed by atoms with Crippen molar-refractivity contribution in [2.45, 2.75) is 12.1 Å². The third-order valence-corrected chi connectivity index (χ3v) is 2.39. The summed E-state index contributed by atoms with van der Waals surface area (Å²) in [6, 6.07) is 4.82. The molecule has 2 N–H and O–H groups in total. The van der Waals surface area contributed by atoms with Gasteiger partial charge in [0.25, 0.3) is 6.04 Å². The fourth-order valence-corrected chi connectivity index (χ4v) is 1.45. The minimum atomic E-state index is -1.45. The van der Waals surface area contributed by atoms with Crippen molar-refractivity contribution in [2.75, 3.05) is 6.61 Å². The molecule has 1 aromatic rings. The van der Waals surface area contributed by atoms with Crippen molar-refractivity contribution in [1.29, 1.82) is 0 Å². The third-order valence-electron chi connectivity index (χ3n) is 2.05. The molecular formula is C9H10ClNO4. The molecule has 0 heterocycles. The molecule has 0 aromatic heterocycles. The molecule has 82 valence electrons. The Kier molecular flexibility index (Phi) is 4.02. The molecule has 15 heavy (non-hydrogen) atoms. The van der Waals surface area contributed by atoms with Crippen LogP contribution in [-0.2, 0) is 0 Å². The van der Waals surface area contributed by atoms with Gasteiger partial charge in [-0.2, -0.15) is 0 Å². The molecule has 0 radical (unpaired) electrons. The van der Waals surface area contributed by atoms with E-state index in [1.54, 1.807) is 12.1 Å². The van der Waals surface area contributed by atoms with Gasteiger partial charge < -0.3 is 10.2 Å². The predicted octanol–water partition coefficient (Wildman–Crippen LogP) is 1.01. The Balaban J connectivity index is 2.97. The van der Waals surface area contributed by atoms with Crippen LogP contribution in [0.5, 0.6) is 0 Å². The summed E-state index contributed by atoms with van der Waals surface area (Å²) >= 11 is 5.76. The Bertz CT molecular complexity index is 358. The second-order valence-electron chi connectivity index (χ2n) is 3.00. The SMILES string of the molecule is O=[N+]([O-])C(CO)C(O)c1ccccc1Cl. The van der Waals surface area contributed by atoms with Gasteiger partial charge in [0.05, 0.1) is 0 Å². The fourth-order valence-electron chi connectivity index (χ4n) is 1.20. The maximum absolute atomic E-state index is 10.5. The lowest BCUT2D eigenvalue weighted by molar-refractivity contribution is -0.539. The van der Waals surface area contributed by atoms with Crippen molar-refractivity contribution < 1.29 is 15.1 Å². The van der Waals surface area contributed by atoms with E-state index >= 15 is 0 Å². The van der Waals surface area contributed by atoms with Crippen molar-refractivity contribution in [3.05, 3.63) is 45.0 Å². The first-order valence-corrected chi connectivity index (χ1v) is 4.62. The summed E-state index contributed by atoms with van der Waals surface area (Å²) in [7, 11) is 0. The first-order valence-electron chi connectivity index (χ1n) is 4.24. The molecule has 2 atom stereocenters. The van der Waals surface area contributed by atoms with E-state index in [0.717, 1.165) is 0 Å². The maximum Gasteiger partial charge on any atom is 0.265 e. The average Bonchev–Trinajstić information content (AvgIpc) is 2.18. The summed E-state index contributed by atoms with van der Waals surface area (Å²) in [4.78, 5) is 9.77. The van der Waals surface area contributed by atoms with Crippen LogP contribution < -0.4 is 0 Å². The van der Waals surface area contributed by atoms with Crippen molar-refractivity contribution in [1.82, 2.24) is 0 Å². The summed E-state index contributed by atoms with van der Waals surface area (Å²) in [5.74, 6) is 0. The van der Waals surface area contributed by atoms with E-state index in [0.29, 0.717) is 0 Å². The van der Waals surface area contributed by atoms with Crippen LogP contribution in [0, 0.1) is 10.1 Å². The second kappa shape index (κ2) is 5.06. The minimum absolute atomic E-state index is 0.241. The Morgan fingerprint density at radius 2 is 2.07 bits per heavy atom. The summed E-state index contributed by atoms with van der Waals surface area (Å²) in [5.41, 5.74) is 0.245. The van der Waals surface area contributed by atoms with Crippen molar-refractivity contribution in [2.24, 2.45) is 0 Å². The van der Waals surface area contributed by atoms with Crippen LogP contribution >= 0.6 is 11.6 Å². The third kappa shape index (κ3) is 2.65. The Morgan fingerprint density at radius 3 is 2.53 bits per heavy atom. The number of aliphatic hydroxyl groups excluding tert-OH is 2. The average molecular weight is 232 g/mol. The van der Waals surface area contributed by atoms with Gasteiger partial charge in [-0.15, -0.1) is 0 Å². The number of halogens is 1. The highest BCUT2D eigenvalue weighted by Crippen LogP contribution is 2.25. The molecule has 0 aliphatic carbocycles. The van der Waals surface area contributed by atoms with Crippen LogP contribution in [0.4, 0.5) is 0 Å². The lowest BCUT2D eigenvalue weighted by Crippen LogP contribution is -2.31. The van der Waals surface area contributed by atoms with Crippen LogP contribution in [0.1, 0.15) is 11.7 Å². The lowest BCUT2D eigenvalue weighted by Gasteiger charge is -2.15. The molecule has 0 aliphatic rings. The molecule has 0 bridgehead atoms. The first-order chi connectivity index (χ1) is 7.07. The molecule has 6 heteroatoms. The number of aliphatic hydroxyl groups is 2. The predicted molar refractivity (Wildman–Crippen MR) is 54.3 cm³/mol. The van der Waals surface area contributed by atoms with Crippen LogP contribution in [-0.4, -0.2) is 27.8 Å². The van der Waals surface area contributed by atoms with Crippen LogP contribution in [0.25, 0.3) is 0 Å². The van der Waals surface area contributed by atoms with Crippen molar-refractivity contribution >= 4 is 11.6 Å². The molecule has 0 saturated heterocycles. The van der Waals surface area contributed by atoms with E-state index in [4.69, 9.17) is 16.7 Å². The van der Waals surface area contributed by atoms with Gasteiger partial charge >= 0.3 is 0 Å². The zero-order valence-electron chi connectivity index (χ0n) is 7.71. The molecule has 0 saturated carbocycles. The number of benzene rings is 1. The second-order valence-corrected chi connectivity index (χ2v) is 3.41. The van der Waals surface area contributed by atoms with E-state index in [1.807, 2.05) is 0 Å². The lowest BCUT2D eigenvalue weighted by atomic mass is 10.0. The monoisotopic (exact) mass is 231 g/mol. The van der Waals surface area contributed by atoms with E-state index < -0.39 is 23.7 Å². The Hall–Kier alpha value is -1.17. The molecule has 0 aliphatic heterocycles. The number of nitro groups is 1. The summed E-state index contributed by atoms with van der Waals surface area (Å²) < 4.78 is 0. The van der Waals surface area contributed by atoms with Crippen LogP contribution in [0.3, 0.4) is 0 Å². The topological polar surface area (TPSA) is 83.6 Å². The Labute approximate surface area is 91.1 Å². The molecule has 0 spiro atoms. The molecule has 1 rings (SSSR count). The van der Waals surface area contributed by atoms with E-state index in [1.165, 1.54) is 12.1 Å². The van der Waals surface area contributed by atoms with Gasteiger partial charge in [-0.1, -0.05) is 29.8 Å². The zero-order valence-corrected chi connectivity index (χ0v) is 8.46. The summed E-state index contributed by atoms with van der Waals surface area (Å²) in [5, 5.41) is 29.2. The highest BCUT2D eigenvalue weighted by Gasteiger charge is 2.31. The van der Waals surface area contributed by atoms with Gasteiger partial charge in [0, 0.05) is 15.5 Å². The number of hydrogen-bond acceptors (Lipinski definition) is 4. The molecule has 5 nitrogen and oxygen atoms in total. The molecule has 1 aromatic carbocycles. The summed E-state index contributed by atoms with van der Waals surface area (Å²) in [6.07, 6.45) is -1.40. The number of nitrogens with zero attached hydrogens (tertiary/aromatic N) is 1. The zero-order chi connectivity index (χ0) is 11.4. The molecule has 0 fully saturated rings. The van der Waals surface area contributed by atoms with Gasteiger partial charge in [-0.05, 0) is 6.07 Å². The smallest absolute Gasteiger partial charge is 0.265 e. The van der Waals surface area contributed by atoms with E-state index in [-0.39, 0.29) is 10.6 Å². The highest BCUT2D eigenvalue weighted by molar-refractivity contribution is 6.31. The van der Waals surface area contributed by atoms with E-state index in [9.17, 15) is 15.2 Å². The largest absolute Gasteiger partial charge is 0.389 e. The van der Waals surface area contributed by atoms with Gasteiger partial charge in [0.2, 0.25) is 0 Å². The number of hydrogen-bond donors (Lipinski definition) is 2. The van der Waals surface area contributed by atoms with Gasteiger partial charge in [0.15, 0.2) is 0 Å². The van der Waals surface area contributed by atoms with Crippen molar-refractivity contribution in [3.63, 3.8) is 0 Å². The summed E-state index contributed by atoms with van der Waals surface area (Å²) in [6.45, 7) is -0.737. The molecular weight excluding hydrogens is 222 g/mol. The number of rotatable bonds is 4. The van der Waals surface area contributed by atoms with Gasteiger partial charge in [-0.3, -0.25) is 10.1 Å². The fraction of sp³-hybridized carbons (Fsp3) is 0.333.